The summed E-state index contributed by atoms with van der Waals surface area (Å²) in [7, 11) is 0. The lowest BCUT2D eigenvalue weighted by Gasteiger charge is -2.39. The summed E-state index contributed by atoms with van der Waals surface area (Å²) in [6, 6.07) is 8.64. The summed E-state index contributed by atoms with van der Waals surface area (Å²) < 4.78 is 43.4. The fourth-order valence-electron chi connectivity index (χ4n) is 3.91. The van der Waals surface area contributed by atoms with Crippen LogP contribution in [0.2, 0.25) is 0 Å². The van der Waals surface area contributed by atoms with Gasteiger partial charge in [-0.2, -0.15) is 13.2 Å². The van der Waals surface area contributed by atoms with Crippen molar-refractivity contribution in [2.24, 2.45) is 0 Å². The first-order chi connectivity index (χ1) is 15.8. The van der Waals surface area contributed by atoms with Gasteiger partial charge in [0.15, 0.2) is 0 Å². The molecule has 2 unspecified atom stereocenters. The molecular weight excluding hydrogens is 461 g/mol. The molecule has 2 aromatic carbocycles. The van der Waals surface area contributed by atoms with Gasteiger partial charge in [0.2, 0.25) is 0 Å². The van der Waals surface area contributed by atoms with Gasteiger partial charge in [-0.15, -0.1) is 0 Å². The molecule has 1 aliphatic rings. The highest BCUT2D eigenvalue weighted by molar-refractivity contribution is 6.04. The minimum Gasteiger partial charge on any atom is -0.480 e. The molecule has 0 amide bonds. The lowest BCUT2D eigenvalue weighted by molar-refractivity contribution is -0.164. The molecule has 0 spiro atoms. The van der Waals surface area contributed by atoms with E-state index in [0.29, 0.717) is 30.4 Å². The van der Waals surface area contributed by atoms with E-state index in [-0.39, 0.29) is 11.6 Å². The van der Waals surface area contributed by atoms with E-state index in [1.165, 1.54) is 30.3 Å². The lowest BCUT2D eigenvalue weighted by atomic mass is 9.64. The zero-order valence-electron chi connectivity index (χ0n) is 16.9. The average molecular weight is 476 g/mol. The molecule has 0 heterocycles. The molecule has 0 bridgehead atoms. The van der Waals surface area contributed by atoms with Crippen LogP contribution in [0, 0.1) is 0 Å². The van der Waals surface area contributed by atoms with Crippen LogP contribution in [0.4, 0.5) is 13.2 Å². The molecule has 1 aliphatic carbocycles. The Balaban J connectivity index is 2.40. The monoisotopic (exact) mass is 476 g/mol. The first-order valence-electron chi connectivity index (χ1n) is 9.41. The second-order valence-corrected chi connectivity index (χ2v) is 7.41. The third-order valence-electron chi connectivity index (χ3n) is 5.62. The smallest absolute Gasteiger partial charge is 0.405 e. The van der Waals surface area contributed by atoms with Crippen molar-refractivity contribution in [3.05, 3.63) is 94.6 Å². The minimum absolute atomic E-state index is 0.115. The van der Waals surface area contributed by atoms with E-state index in [4.69, 9.17) is 5.11 Å². The second kappa shape index (κ2) is 8.18. The number of benzene rings is 2. The molecule has 8 nitrogen and oxygen atoms in total. The molecule has 0 aromatic heterocycles. The van der Waals surface area contributed by atoms with Crippen molar-refractivity contribution in [1.29, 1.82) is 0 Å². The molecule has 0 aliphatic heterocycles. The fraction of sp³-hybridized carbons (Fsp3) is 0.130. The van der Waals surface area contributed by atoms with E-state index in [9.17, 15) is 47.7 Å². The van der Waals surface area contributed by atoms with Gasteiger partial charge in [0.1, 0.15) is 10.8 Å². The van der Waals surface area contributed by atoms with E-state index in [2.05, 4.69) is 0 Å². The molecular formula is C23H15F3O8. The van der Waals surface area contributed by atoms with Gasteiger partial charge in [0.25, 0.3) is 0 Å². The maximum Gasteiger partial charge on any atom is 0.405 e. The summed E-state index contributed by atoms with van der Waals surface area (Å²) in [6.07, 6.45) is -3.99. The molecule has 11 heteroatoms. The van der Waals surface area contributed by atoms with Gasteiger partial charge in [-0.25, -0.2) is 14.4 Å². The van der Waals surface area contributed by atoms with Crippen LogP contribution in [0.15, 0.2) is 72.3 Å². The molecule has 0 saturated heterocycles. The molecule has 4 N–H and O–H groups in total. The number of hydrogen-bond acceptors (Lipinski definition) is 4. The number of carboxylic acid groups (broad SMARTS) is 4. The Labute approximate surface area is 188 Å². The van der Waals surface area contributed by atoms with Crippen LogP contribution in [0.5, 0.6) is 0 Å². The first kappa shape index (κ1) is 24.2. The van der Waals surface area contributed by atoms with Crippen LogP contribution in [0.25, 0.3) is 0 Å². The van der Waals surface area contributed by atoms with E-state index >= 15 is 0 Å². The Morgan fingerprint density at radius 3 is 1.76 bits per heavy atom. The Morgan fingerprint density at radius 1 is 0.706 bits per heavy atom. The molecule has 176 valence electrons. The molecule has 2 atom stereocenters. The maximum atomic E-state index is 14.5. The molecule has 0 saturated carbocycles. The van der Waals surface area contributed by atoms with Gasteiger partial charge in [0, 0.05) is 0 Å². The van der Waals surface area contributed by atoms with Crippen molar-refractivity contribution in [3.63, 3.8) is 0 Å². The predicted octanol–water partition coefficient (Wildman–Crippen LogP) is 3.49. The highest BCUT2D eigenvalue weighted by Gasteiger charge is 2.59. The quantitative estimate of drug-likeness (QED) is 0.463. The van der Waals surface area contributed by atoms with Crippen molar-refractivity contribution in [2.45, 2.75) is 17.0 Å². The highest BCUT2D eigenvalue weighted by Crippen LogP contribution is 2.51. The van der Waals surface area contributed by atoms with Crippen molar-refractivity contribution >= 4 is 23.9 Å². The molecule has 2 aromatic rings. The molecule has 34 heavy (non-hydrogen) atoms. The third kappa shape index (κ3) is 3.60. The van der Waals surface area contributed by atoms with Crippen LogP contribution in [-0.4, -0.2) is 50.5 Å². The number of hydrogen-bond donors (Lipinski definition) is 4. The first-order valence-corrected chi connectivity index (χ1v) is 9.41. The summed E-state index contributed by atoms with van der Waals surface area (Å²) in [6.45, 7) is 0. The van der Waals surface area contributed by atoms with E-state index in [1.54, 1.807) is 0 Å². The number of allylic oxidation sites excluding steroid dienone is 2. The number of aliphatic carboxylic acids is 2. The SMILES string of the molecule is O=C(O)C1=CC(c2ccc(C(=O)O)c(C(=O)O)c2)(C(F)(F)F)C=CC1(C(=O)O)c1ccccc1. The van der Waals surface area contributed by atoms with E-state index in [1.807, 2.05) is 0 Å². The third-order valence-corrected chi connectivity index (χ3v) is 5.62. The van der Waals surface area contributed by atoms with Crippen LogP contribution in [0.3, 0.4) is 0 Å². The van der Waals surface area contributed by atoms with Crippen LogP contribution in [0.1, 0.15) is 31.8 Å². The van der Waals surface area contributed by atoms with Gasteiger partial charge >= 0.3 is 30.1 Å². The summed E-state index contributed by atoms with van der Waals surface area (Å²) in [4.78, 5) is 47.2. The molecule has 3 rings (SSSR count). The van der Waals surface area contributed by atoms with Crippen molar-refractivity contribution < 1.29 is 52.8 Å². The Bertz CT molecular complexity index is 1260. The van der Waals surface area contributed by atoms with Crippen LogP contribution < -0.4 is 0 Å². The topological polar surface area (TPSA) is 149 Å². The Morgan fingerprint density at radius 2 is 1.29 bits per heavy atom. The normalized spacial score (nSPS) is 22.0. The van der Waals surface area contributed by atoms with Gasteiger partial charge in [0.05, 0.1) is 16.7 Å². The number of rotatable bonds is 6. The number of aromatic carboxylic acids is 2. The zero-order valence-corrected chi connectivity index (χ0v) is 16.9. The van der Waals surface area contributed by atoms with Gasteiger partial charge in [-0.3, -0.25) is 4.79 Å². The molecule has 0 fully saturated rings. The van der Waals surface area contributed by atoms with Crippen LogP contribution in [-0.2, 0) is 20.4 Å². The summed E-state index contributed by atoms with van der Waals surface area (Å²) in [5, 5.41) is 38.2. The van der Waals surface area contributed by atoms with Crippen molar-refractivity contribution in [2.75, 3.05) is 0 Å². The Hall–Kier alpha value is -4.41. The average Bonchev–Trinajstić information content (AvgIpc) is 2.77. The lowest BCUT2D eigenvalue weighted by Crippen LogP contribution is -2.48. The second-order valence-electron chi connectivity index (χ2n) is 7.41. The number of alkyl halides is 3. The predicted molar refractivity (Wildman–Crippen MR) is 109 cm³/mol. The number of halogens is 3. The maximum absolute atomic E-state index is 14.5. The van der Waals surface area contributed by atoms with E-state index in [0.717, 1.165) is 0 Å². The summed E-state index contributed by atoms with van der Waals surface area (Å²) in [5.41, 5.74) is -9.50. The van der Waals surface area contributed by atoms with Gasteiger partial charge in [-0.1, -0.05) is 48.6 Å². The fourth-order valence-corrected chi connectivity index (χ4v) is 3.91. The largest absolute Gasteiger partial charge is 0.480 e. The summed E-state index contributed by atoms with van der Waals surface area (Å²) >= 11 is 0. The molecule has 0 radical (unpaired) electrons. The van der Waals surface area contributed by atoms with Crippen LogP contribution >= 0.6 is 0 Å². The van der Waals surface area contributed by atoms with E-state index < -0.39 is 63.1 Å². The standard InChI is InChI=1S/C23H15F3O8/c24-23(25,26)21(13-6-7-14(17(27)28)15(10-13)18(29)30)8-9-22(20(33)34,16(11-21)19(31)32)12-4-2-1-3-5-12/h1-11H,(H,27,28)(H,29,30)(H,31,32)(H,33,34). The minimum atomic E-state index is -5.26. The zero-order chi connectivity index (χ0) is 25.5. The van der Waals surface area contributed by atoms with Crippen molar-refractivity contribution in [1.82, 2.24) is 0 Å². The highest BCUT2D eigenvalue weighted by atomic mass is 19.4. The Kier molecular flexibility index (Phi) is 5.83. The van der Waals surface area contributed by atoms with Crippen molar-refractivity contribution in [3.8, 4) is 0 Å². The number of carbonyl (C=O) groups is 4. The number of carboxylic acids is 4. The van der Waals surface area contributed by atoms with Gasteiger partial charge in [-0.05, 0) is 29.3 Å². The summed E-state index contributed by atoms with van der Waals surface area (Å²) in [5.74, 6) is -7.19. The van der Waals surface area contributed by atoms with Gasteiger partial charge < -0.3 is 20.4 Å².